The van der Waals surface area contributed by atoms with Crippen LogP contribution in [0.15, 0.2) is 24.3 Å². The Kier molecular flexibility index (Phi) is 6.15. The van der Waals surface area contributed by atoms with E-state index in [2.05, 4.69) is 4.72 Å². The van der Waals surface area contributed by atoms with E-state index in [-0.39, 0.29) is 11.3 Å². The fraction of sp³-hybridized carbons (Fsp3) is 0.385. The number of carboxylic acid groups (broad SMARTS) is 1. The quantitative estimate of drug-likeness (QED) is 0.707. The summed E-state index contributed by atoms with van der Waals surface area (Å²) in [6, 6.07) is 7.71. The highest BCUT2D eigenvalue weighted by atomic mass is 32.2. The Morgan fingerprint density at radius 2 is 1.90 bits per heavy atom. The predicted molar refractivity (Wildman–Crippen MR) is 73.5 cm³/mol. The van der Waals surface area contributed by atoms with E-state index in [0.29, 0.717) is 31.4 Å². The molecule has 20 heavy (non-hydrogen) atoms. The second kappa shape index (κ2) is 7.62. The molecule has 1 aromatic carbocycles. The first-order valence-electron chi connectivity index (χ1n) is 6.11. The van der Waals surface area contributed by atoms with Gasteiger partial charge in [-0.15, -0.1) is 0 Å². The van der Waals surface area contributed by atoms with Crippen molar-refractivity contribution in [2.24, 2.45) is 0 Å². The minimum absolute atomic E-state index is 0.121. The maximum absolute atomic E-state index is 11.8. The topological polar surface area (TPSA) is 107 Å². The Hall–Kier alpha value is -1.91. The van der Waals surface area contributed by atoms with Crippen molar-refractivity contribution < 1.29 is 18.3 Å². The van der Waals surface area contributed by atoms with Crippen LogP contribution in [0.1, 0.15) is 35.2 Å². The van der Waals surface area contributed by atoms with E-state index < -0.39 is 16.0 Å². The summed E-state index contributed by atoms with van der Waals surface area (Å²) in [5.74, 6) is -1.24. The highest BCUT2D eigenvalue weighted by Crippen LogP contribution is 2.08. The fourth-order valence-corrected chi connectivity index (χ4v) is 2.76. The van der Waals surface area contributed by atoms with Crippen molar-refractivity contribution in [1.82, 2.24) is 4.72 Å². The van der Waals surface area contributed by atoms with Gasteiger partial charge in [0.15, 0.2) is 0 Å². The number of nitrogens with zero attached hydrogens (tertiary/aromatic N) is 1. The van der Waals surface area contributed by atoms with E-state index in [4.69, 9.17) is 10.4 Å². The molecule has 0 atom stereocenters. The molecule has 1 rings (SSSR count). The van der Waals surface area contributed by atoms with Crippen LogP contribution in [0.25, 0.3) is 0 Å². The highest BCUT2D eigenvalue weighted by molar-refractivity contribution is 7.88. The van der Waals surface area contributed by atoms with E-state index in [0.717, 1.165) is 0 Å². The molecule has 0 unspecified atom stereocenters. The normalized spacial score (nSPS) is 10.9. The minimum Gasteiger partial charge on any atom is -0.478 e. The maximum atomic E-state index is 11.8. The summed E-state index contributed by atoms with van der Waals surface area (Å²) in [5, 5.41) is 17.1. The molecule has 108 valence electrons. The molecule has 0 aliphatic heterocycles. The number of carboxylic acids is 1. The third-order valence-electron chi connectivity index (χ3n) is 2.59. The summed E-state index contributed by atoms with van der Waals surface area (Å²) in [7, 11) is -3.44. The van der Waals surface area contributed by atoms with Gasteiger partial charge in [0, 0.05) is 13.0 Å². The molecular weight excluding hydrogens is 280 g/mol. The van der Waals surface area contributed by atoms with Crippen molar-refractivity contribution in [2.75, 3.05) is 6.54 Å². The minimum atomic E-state index is -3.44. The lowest BCUT2D eigenvalue weighted by Gasteiger charge is -2.06. The summed E-state index contributed by atoms with van der Waals surface area (Å²) < 4.78 is 26.0. The van der Waals surface area contributed by atoms with Gasteiger partial charge in [-0.3, -0.25) is 0 Å². The van der Waals surface area contributed by atoms with Gasteiger partial charge in [0.2, 0.25) is 10.0 Å². The van der Waals surface area contributed by atoms with Gasteiger partial charge in [-0.25, -0.2) is 17.9 Å². The highest BCUT2D eigenvalue weighted by Gasteiger charge is 2.11. The van der Waals surface area contributed by atoms with Crippen LogP contribution < -0.4 is 4.72 Å². The van der Waals surface area contributed by atoms with Crippen LogP contribution in [0.5, 0.6) is 0 Å². The van der Waals surface area contributed by atoms with E-state index in [9.17, 15) is 13.2 Å². The lowest BCUT2D eigenvalue weighted by Crippen LogP contribution is -2.26. The van der Waals surface area contributed by atoms with Crippen molar-refractivity contribution in [3.05, 3.63) is 35.4 Å². The molecule has 0 saturated carbocycles. The number of sulfonamides is 1. The smallest absolute Gasteiger partial charge is 0.335 e. The van der Waals surface area contributed by atoms with Crippen molar-refractivity contribution in [1.29, 1.82) is 5.26 Å². The molecule has 0 aromatic heterocycles. The second-order valence-corrected chi connectivity index (χ2v) is 6.08. The summed E-state index contributed by atoms with van der Waals surface area (Å²) in [4.78, 5) is 10.7. The number of hydrogen-bond donors (Lipinski definition) is 2. The largest absolute Gasteiger partial charge is 0.478 e. The van der Waals surface area contributed by atoms with Gasteiger partial charge in [-0.2, -0.15) is 5.26 Å². The number of aromatic carboxylic acids is 1. The maximum Gasteiger partial charge on any atom is 0.335 e. The zero-order valence-corrected chi connectivity index (χ0v) is 11.7. The SMILES string of the molecule is N#CCCCCNS(=O)(=O)Cc1ccc(C(=O)O)cc1. The van der Waals surface area contributed by atoms with Crippen LogP contribution in [0, 0.1) is 11.3 Å². The first-order chi connectivity index (χ1) is 9.44. The Morgan fingerprint density at radius 1 is 1.25 bits per heavy atom. The van der Waals surface area contributed by atoms with Crippen LogP contribution in [-0.4, -0.2) is 26.0 Å². The van der Waals surface area contributed by atoms with Gasteiger partial charge < -0.3 is 5.11 Å². The Bertz CT molecular complexity index is 588. The molecule has 0 amide bonds. The third kappa shape index (κ3) is 5.82. The average Bonchev–Trinajstić information content (AvgIpc) is 2.38. The predicted octanol–water partition coefficient (Wildman–Crippen LogP) is 1.50. The number of carbonyl (C=O) groups is 1. The Balaban J connectivity index is 2.49. The molecule has 2 N–H and O–H groups in total. The molecule has 0 spiro atoms. The van der Waals surface area contributed by atoms with Crippen LogP contribution >= 0.6 is 0 Å². The van der Waals surface area contributed by atoms with Gasteiger partial charge in [0.1, 0.15) is 0 Å². The van der Waals surface area contributed by atoms with Crippen molar-refractivity contribution in [2.45, 2.75) is 25.0 Å². The number of nitrogens with one attached hydrogen (secondary N) is 1. The van der Waals surface area contributed by atoms with Crippen LogP contribution in [0.2, 0.25) is 0 Å². The van der Waals surface area contributed by atoms with Gasteiger partial charge in [0.05, 0.1) is 17.4 Å². The molecular formula is C13H16N2O4S. The van der Waals surface area contributed by atoms with Crippen LogP contribution in [-0.2, 0) is 15.8 Å². The van der Waals surface area contributed by atoms with Crippen LogP contribution in [0.4, 0.5) is 0 Å². The van der Waals surface area contributed by atoms with Gasteiger partial charge in [-0.05, 0) is 30.5 Å². The lowest BCUT2D eigenvalue weighted by atomic mass is 10.1. The molecule has 0 heterocycles. The van der Waals surface area contributed by atoms with E-state index in [1.54, 1.807) is 0 Å². The summed E-state index contributed by atoms with van der Waals surface area (Å²) in [5.41, 5.74) is 0.648. The molecule has 1 aromatic rings. The Morgan fingerprint density at radius 3 is 2.45 bits per heavy atom. The average molecular weight is 296 g/mol. The molecule has 0 aliphatic carbocycles. The van der Waals surface area contributed by atoms with Gasteiger partial charge in [-0.1, -0.05) is 12.1 Å². The zero-order chi connectivity index (χ0) is 15.0. The van der Waals surface area contributed by atoms with Crippen molar-refractivity contribution in [3.8, 4) is 6.07 Å². The first-order valence-corrected chi connectivity index (χ1v) is 7.76. The fourth-order valence-electron chi connectivity index (χ4n) is 1.57. The third-order valence-corrected chi connectivity index (χ3v) is 3.95. The van der Waals surface area contributed by atoms with Gasteiger partial charge >= 0.3 is 5.97 Å². The molecule has 0 fully saturated rings. The number of rotatable bonds is 8. The Labute approximate surface area is 118 Å². The summed E-state index contributed by atoms with van der Waals surface area (Å²) in [6.45, 7) is 0.303. The first kappa shape index (κ1) is 16.1. The molecule has 7 heteroatoms. The van der Waals surface area contributed by atoms with Crippen LogP contribution in [0.3, 0.4) is 0 Å². The number of hydrogen-bond acceptors (Lipinski definition) is 4. The molecule has 0 aliphatic rings. The van der Waals surface area contributed by atoms with Crippen molar-refractivity contribution in [3.63, 3.8) is 0 Å². The number of benzene rings is 1. The molecule has 0 radical (unpaired) electrons. The molecule has 0 saturated heterocycles. The summed E-state index contributed by atoms with van der Waals surface area (Å²) >= 11 is 0. The lowest BCUT2D eigenvalue weighted by molar-refractivity contribution is 0.0697. The number of nitriles is 1. The molecule has 0 bridgehead atoms. The summed E-state index contributed by atoms with van der Waals surface area (Å²) in [6.07, 6.45) is 1.69. The van der Waals surface area contributed by atoms with E-state index >= 15 is 0 Å². The monoisotopic (exact) mass is 296 g/mol. The van der Waals surface area contributed by atoms with Crippen molar-refractivity contribution >= 4 is 16.0 Å². The van der Waals surface area contributed by atoms with Gasteiger partial charge in [0.25, 0.3) is 0 Å². The zero-order valence-electron chi connectivity index (χ0n) is 10.9. The second-order valence-electron chi connectivity index (χ2n) is 4.27. The van der Waals surface area contributed by atoms with E-state index in [1.807, 2.05) is 6.07 Å². The van der Waals surface area contributed by atoms with E-state index in [1.165, 1.54) is 24.3 Å². The standard InChI is InChI=1S/C13H16N2O4S/c14-8-2-1-3-9-15-20(18,19)10-11-4-6-12(7-5-11)13(16)17/h4-7,15H,1-3,9-10H2,(H,16,17). The number of unbranched alkanes of at least 4 members (excludes halogenated alkanes) is 2. The molecule has 6 nitrogen and oxygen atoms in total.